The number of nitrogens with one attached hydrogen (secondary N) is 1. The summed E-state index contributed by atoms with van der Waals surface area (Å²) >= 11 is 0. The molecule has 0 fully saturated rings. The van der Waals surface area contributed by atoms with Crippen molar-refractivity contribution in [2.45, 2.75) is 107 Å². The maximum Gasteiger partial charge on any atom is 0.316 e. The number of nitrogens with zero attached hydrogens (tertiary/aromatic N) is 2. The Morgan fingerprint density at radius 1 is 1.00 bits per heavy atom. The summed E-state index contributed by atoms with van der Waals surface area (Å²) in [5.74, 6) is -1.12. The minimum Gasteiger partial charge on any atom is -0.460 e. The zero-order chi connectivity index (χ0) is 33.6. The van der Waals surface area contributed by atoms with Crippen LogP contribution in [0.3, 0.4) is 0 Å². The highest BCUT2D eigenvalue weighted by molar-refractivity contribution is 5.91. The van der Waals surface area contributed by atoms with Crippen LogP contribution < -0.4 is 15.6 Å². The lowest BCUT2D eigenvalue weighted by Gasteiger charge is -2.30. The van der Waals surface area contributed by atoms with Crippen molar-refractivity contribution in [3.63, 3.8) is 0 Å². The monoisotopic (exact) mass is 619 g/mol. The molecule has 2 N–H and O–H groups in total. The standard InChI is InChI=1S/C35H45N3O7/c1-11-21-22-15-20(45-32(42)34(8,9)10)13-14-26(22)37-28-23(21)17-38-27(28)16-25(35(43,12-2)30(40)36-19(3)4)24(29(38)39)18-44-31(41)33(5,6)7/h13-16,19,43H,11-12,17-18H2,1-10H3,(H,36,40). The van der Waals surface area contributed by atoms with E-state index in [0.717, 1.165) is 16.5 Å². The summed E-state index contributed by atoms with van der Waals surface area (Å²) in [7, 11) is 0. The third kappa shape index (κ3) is 6.38. The molecule has 1 aliphatic heterocycles. The highest BCUT2D eigenvalue weighted by Crippen LogP contribution is 2.40. The summed E-state index contributed by atoms with van der Waals surface area (Å²) in [4.78, 5) is 57.9. The van der Waals surface area contributed by atoms with Crippen LogP contribution in [0.1, 0.15) is 97.9 Å². The number of pyridine rings is 2. The van der Waals surface area contributed by atoms with Gasteiger partial charge in [-0.1, -0.05) is 13.8 Å². The number of ether oxygens (including phenoxy) is 2. The first kappa shape index (κ1) is 33.8. The summed E-state index contributed by atoms with van der Waals surface area (Å²) in [6.07, 6.45) is 0.586. The molecule has 3 heterocycles. The van der Waals surface area contributed by atoms with Crippen LogP contribution in [0.15, 0.2) is 29.1 Å². The van der Waals surface area contributed by atoms with E-state index in [1.54, 1.807) is 91.1 Å². The fraction of sp³-hybridized carbons (Fsp3) is 0.514. The number of hydrogen-bond donors (Lipinski definition) is 2. The van der Waals surface area contributed by atoms with Gasteiger partial charge in [0.15, 0.2) is 5.60 Å². The molecule has 3 aromatic rings. The number of carbonyl (C=O) groups is 3. The van der Waals surface area contributed by atoms with E-state index >= 15 is 0 Å². The number of amides is 1. The lowest BCUT2D eigenvalue weighted by Crippen LogP contribution is -2.48. The first-order valence-electron chi connectivity index (χ1n) is 15.5. The zero-order valence-corrected chi connectivity index (χ0v) is 28.0. The second kappa shape index (κ2) is 12.0. The van der Waals surface area contributed by atoms with Crippen molar-refractivity contribution in [2.75, 3.05) is 0 Å². The number of fused-ring (bicyclic) bond motifs is 4. The molecule has 4 rings (SSSR count). The van der Waals surface area contributed by atoms with Gasteiger partial charge in [-0.25, -0.2) is 4.98 Å². The predicted molar refractivity (Wildman–Crippen MR) is 172 cm³/mol. The molecule has 1 unspecified atom stereocenters. The number of aromatic nitrogens is 2. The lowest BCUT2D eigenvalue weighted by molar-refractivity contribution is -0.154. The van der Waals surface area contributed by atoms with Crippen LogP contribution in [-0.4, -0.2) is 38.5 Å². The quantitative estimate of drug-likeness (QED) is 0.204. The van der Waals surface area contributed by atoms with Crippen LogP contribution in [0.5, 0.6) is 5.75 Å². The van der Waals surface area contributed by atoms with Gasteiger partial charge in [0.2, 0.25) is 0 Å². The van der Waals surface area contributed by atoms with Crippen LogP contribution in [0.25, 0.3) is 22.3 Å². The molecule has 0 saturated carbocycles. The normalized spacial score (nSPS) is 14.1. The summed E-state index contributed by atoms with van der Waals surface area (Å²) < 4.78 is 12.8. The van der Waals surface area contributed by atoms with Gasteiger partial charge in [-0.05, 0) is 98.1 Å². The van der Waals surface area contributed by atoms with Crippen molar-refractivity contribution in [1.82, 2.24) is 14.9 Å². The molecular formula is C35H45N3O7. The number of aryl methyl sites for hydroxylation is 1. The molecule has 1 aromatic carbocycles. The topological polar surface area (TPSA) is 137 Å². The van der Waals surface area contributed by atoms with E-state index in [-0.39, 0.29) is 36.1 Å². The lowest BCUT2D eigenvalue weighted by atomic mass is 9.86. The summed E-state index contributed by atoms with van der Waals surface area (Å²) in [6.45, 7) is 17.5. The van der Waals surface area contributed by atoms with Crippen molar-refractivity contribution in [3.8, 4) is 17.1 Å². The van der Waals surface area contributed by atoms with E-state index in [1.165, 1.54) is 0 Å². The third-order valence-electron chi connectivity index (χ3n) is 8.02. The first-order chi connectivity index (χ1) is 20.8. The number of carbonyl (C=O) groups excluding carboxylic acids is 3. The van der Waals surface area contributed by atoms with Crippen molar-refractivity contribution < 1.29 is 29.0 Å². The van der Waals surface area contributed by atoms with E-state index in [2.05, 4.69) is 5.32 Å². The number of esters is 2. The van der Waals surface area contributed by atoms with E-state index < -0.39 is 40.5 Å². The van der Waals surface area contributed by atoms with Gasteiger partial charge in [0.05, 0.1) is 39.8 Å². The Bertz CT molecular complexity index is 1740. The molecule has 0 saturated heterocycles. The van der Waals surface area contributed by atoms with Gasteiger partial charge >= 0.3 is 11.9 Å². The Morgan fingerprint density at radius 2 is 1.64 bits per heavy atom. The molecule has 0 bridgehead atoms. The summed E-state index contributed by atoms with van der Waals surface area (Å²) in [5.41, 5.74) is -0.485. The Balaban J connectivity index is 1.93. The molecule has 45 heavy (non-hydrogen) atoms. The van der Waals surface area contributed by atoms with Crippen molar-refractivity contribution in [1.29, 1.82) is 0 Å². The first-order valence-corrected chi connectivity index (χ1v) is 15.5. The Labute approximate surface area is 264 Å². The van der Waals surface area contributed by atoms with Crippen LogP contribution in [0.2, 0.25) is 0 Å². The van der Waals surface area contributed by atoms with Crippen LogP contribution in [0, 0.1) is 10.8 Å². The van der Waals surface area contributed by atoms with E-state index in [1.807, 2.05) is 6.92 Å². The average Bonchev–Trinajstić information content (AvgIpc) is 3.31. The highest BCUT2D eigenvalue weighted by atomic mass is 16.5. The molecule has 10 heteroatoms. The number of aliphatic hydroxyl groups is 1. The molecule has 0 aliphatic carbocycles. The van der Waals surface area contributed by atoms with Crippen molar-refractivity contribution in [3.05, 3.63) is 56.9 Å². The molecule has 10 nitrogen and oxygen atoms in total. The molecule has 1 atom stereocenters. The number of rotatable bonds is 8. The van der Waals surface area contributed by atoms with Gasteiger partial charge in [-0.2, -0.15) is 0 Å². The van der Waals surface area contributed by atoms with Gasteiger partial charge in [-0.3, -0.25) is 19.2 Å². The van der Waals surface area contributed by atoms with Crippen LogP contribution in [0.4, 0.5) is 0 Å². The SMILES string of the molecule is CCc1c2c(nc3ccc(OC(=O)C(C)(C)C)cc13)-c1cc(C(O)(CC)C(=O)NC(C)C)c(COC(=O)C(C)(C)C)c(=O)n1C2. The summed E-state index contributed by atoms with van der Waals surface area (Å²) in [6, 6.07) is 6.64. The largest absolute Gasteiger partial charge is 0.460 e. The maximum absolute atomic E-state index is 14.2. The minimum absolute atomic E-state index is 0.0249. The fourth-order valence-corrected chi connectivity index (χ4v) is 5.38. The smallest absolute Gasteiger partial charge is 0.316 e. The maximum atomic E-state index is 14.2. The van der Waals surface area contributed by atoms with Gasteiger partial charge < -0.3 is 24.5 Å². The molecule has 242 valence electrons. The molecular weight excluding hydrogens is 574 g/mol. The molecule has 0 radical (unpaired) electrons. The molecule has 0 spiro atoms. The van der Waals surface area contributed by atoms with Crippen molar-refractivity contribution in [2.24, 2.45) is 10.8 Å². The summed E-state index contributed by atoms with van der Waals surface area (Å²) in [5, 5.41) is 15.5. The van der Waals surface area contributed by atoms with Crippen LogP contribution >= 0.6 is 0 Å². The second-order valence-corrected chi connectivity index (χ2v) is 14.1. The number of benzene rings is 1. The second-order valence-electron chi connectivity index (χ2n) is 14.1. The van der Waals surface area contributed by atoms with E-state index in [9.17, 15) is 24.3 Å². The van der Waals surface area contributed by atoms with Crippen LogP contribution in [-0.2, 0) is 44.3 Å². The molecule has 1 aliphatic rings. The third-order valence-corrected chi connectivity index (χ3v) is 8.02. The minimum atomic E-state index is -2.07. The Hall–Kier alpha value is -4.05. The van der Waals surface area contributed by atoms with Crippen molar-refractivity contribution >= 4 is 28.7 Å². The average molecular weight is 620 g/mol. The number of hydrogen-bond acceptors (Lipinski definition) is 8. The molecule has 2 aromatic heterocycles. The van der Waals surface area contributed by atoms with E-state index in [4.69, 9.17) is 14.5 Å². The van der Waals surface area contributed by atoms with Gasteiger partial charge in [0.25, 0.3) is 11.5 Å². The highest BCUT2D eigenvalue weighted by Gasteiger charge is 2.42. The van der Waals surface area contributed by atoms with Gasteiger partial charge in [0, 0.05) is 22.6 Å². The van der Waals surface area contributed by atoms with Gasteiger partial charge in [-0.15, -0.1) is 0 Å². The van der Waals surface area contributed by atoms with Gasteiger partial charge in [0.1, 0.15) is 12.4 Å². The fourth-order valence-electron chi connectivity index (χ4n) is 5.38. The predicted octanol–water partition coefficient (Wildman–Crippen LogP) is 5.15. The Kier molecular flexibility index (Phi) is 9.05. The molecule has 1 amide bonds. The zero-order valence-electron chi connectivity index (χ0n) is 28.0. The Morgan fingerprint density at radius 3 is 2.20 bits per heavy atom. The van der Waals surface area contributed by atoms with E-state index in [0.29, 0.717) is 29.1 Å².